The van der Waals surface area contributed by atoms with Crippen molar-refractivity contribution in [3.8, 4) is 0 Å². The molecule has 0 aliphatic rings. The van der Waals surface area contributed by atoms with Crippen molar-refractivity contribution in [1.29, 1.82) is 0 Å². The molecule has 0 rings (SSSR count). The number of ether oxygens (including phenoxy) is 4. The van der Waals surface area contributed by atoms with Crippen molar-refractivity contribution < 1.29 is 61.1 Å². The second kappa shape index (κ2) is 39.6. The van der Waals surface area contributed by atoms with E-state index in [1.54, 1.807) is 27.7 Å². The molecule has 0 aromatic rings. The molecule has 4 N–H and O–H groups in total. The molecule has 0 heterocycles. The summed E-state index contributed by atoms with van der Waals surface area (Å²) in [4.78, 5) is 0. The Hall–Kier alpha value is 0.394. The molecule has 8 nitrogen and oxygen atoms in total. The summed E-state index contributed by atoms with van der Waals surface area (Å²) in [6.45, 7) is 17.5. The van der Waals surface area contributed by atoms with E-state index in [4.69, 9.17) is 39.4 Å². The molecular weight excluding hydrogens is 464 g/mol. The van der Waals surface area contributed by atoms with Crippen LogP contribution in [0.1, 0.15) is 107 Å². The Morgan fingerprint density at radius 3 is 0.667 bits per heavy atom. The predicted molar refractivity (Wildman–Crippen MR) is 130 cm³/mol. The number of hydrogen-bond donors (Lipinski definition) is 4. The molecule has 0 spiro atoms. The van der Waals surface area contributed by atoms with Gasteiger partial charge >= 0.3 is 0 Å². The molecule has 0 amide bonds. The van der Waals surface area contributed by atoms with Crippen LogP contribution in [0, 0.1) is 0 Å². The van der Waals surface area contributed by atoms with Crippen LogP contribution in [0.5, 0.6) is 0 Å². The quantitative estimate of drug-likeness (QED) is 0.133. The summed E-state index contributed by atoms with van der Waals surface area (Å²) in [5.74, 6) is 0. The third kappa shape index (κ3) is 72.0. The first-order valence-electron chi connectivity index (χ1n) is 12.3. The summed E-state index contributed by atoms with van der Waals surface area (Å²) in [5, 5.41) is 34.2. The average Bonchev–Trinajstić information content (AvgIpc) is 2.69. The van der Waals surface area contributed by atoms with Crippen LogP contribution in [0.4, 0.5) is 0 Å². The standard InChI is InChI=1S/4C6H14O2.Ti/c4*1-3-4-5-8-6(2)7;/h4*6-7H,3-5H2,1-2H3;. The van der Waals surface area contributed by atoms with Gasteiger partial charge in [0.1, 0.15) is 0 Å². The molecule has 0 fully saturated rings. The molecule has 0 bridgehead atoms. The molecule has 9 heteroatoms. The zero-order valence-electron chi connectivity index (χ0n) is 22.7. The second-order valence-corrected chi connectivity index (χ2v) is 7.29. The molecule has 0 aliphatic carbocycles. The van der Waals surface area contributed by atoms with E-state index in [-0.39, 0.29) is 21.7 Å². The largest absolute Gasteiger partial charge is 0.368 e. The Morgan fingerprint density at radius 1 is 0.424 bits per heavy atom. The number of aliphatic hydroxyl groups is 4. The van der Waals surface area contributed by atoms with E-state index < -0.39 is 25.2 Å². The first kappa shape index (κ1) is 43.5. The zero-order chi connectivity index (χ0) is 25.6. The van der Waals surface area contributed by atoms with E-state index in [1.165, 1.54) is 0 Å². The van der Waals surface area contributed by atoms with Crippen LogP contribution in [0.3, 0.4) is 0 Å². The maximum atomic E-state index is 8.56. The van der Waals surface area contributed by atoms with Crippen LogP contribution in [0.25, 0.3) is 0 Å². The minimum absolute atomic E-state index is 0. The Balaban J connectivity index is -0.000000105. The Morgan fingerprint density at radius 2 is 0.576 bits per heavy atom. The van der Waals surface area contributed by atoms with E-state index in [9.17, 15) is 0 Å². The van der Waals surface area contributed by atoms with Crippen LogP contribution in [0.2, 0.25) is 0 Å². The molecule has 4 unspecified atom stereocenters. The molecule has 0 radical (unpaired) electrons. The number of unbranched alkanes of at least 4 members (excludes halogenated alkanes) is 4. The van der Waals surface area contributed by atoms with Crippen molar-refractivity contribution in [2.75, 3.05) is 26.4 Å². The second-order valence-electron chi connectivity index (χ2n) is 7.29. The third-order valence-corrected chi connectivity index (χ3v) is 3.43. The van der Waals surface area contributed by atoms with Gasteiger partial charge in [-0.2, -0.15) is 0 Å². The maximum absolute atomic E-state index is 8.56. The van der Waals surface area contributed by atoms with Gasteiger partial charge in [0.2, 0.25) is 0 Å². The van der Waals surface area contributed by atoms with Crippen molar-refractivity contribution >= 4 is 0 Å². The van der Waals surface area contributed by atoms with E-state index in [1.807, 2.05) is 0 Å². The van der Waals surface area contributed by atoms with Gasteiger partial charge in [-0.05, 0) is 53.4 Å². The minimum atomic E-state index is -0.596. The van der Waals surface area contributed by atoms with Gasteiger partial charge in [0.05, 0.1) is 0 Å². The van der Waals surface area contributed by atoms with Gasteiger partial charge in [-0.3, -0.25) is 0 Å². The first-order chi connectivity index (χ1) is 15.1. The average molecular weight is 521 g/mol. The van der Waals surface area contributed by atoms with Gasteiger partial charge in [0, 0.05) is 48.1 Å². The molecule has 0 aliphatic heterocycles. The van der Waals surface area contributed by atoms with Gasteiger partial charge in [-0.1, -0.05) is 53.4 Å². The SMILES string of the molecule is CCCCOC(C)O.CCCCOC(C)O.CCCCOC(C)O.CCCCOC(C)O.[Ti]. The van der Waals surface area contributed by atoms with Gasteiger partial charge in [-0.25, -0.2) is 0 Å². The van der Waals surface area contributed by atoms with Gasteiger partial charge in [0.25, 0.3) is 0 Å². The minimum Gasteiger partial charge on any atom is -0.368 e. The van der Waals surface area contributed by atoms with Crippen molar-refractivity contribution in [2.24, 2.45) is 0 Å². The topological polar surface area (TPSA) is 118 Å². The molecule has 0 saturated carbocycles. The van der Waals surface area contributed by atoms with Gasteiger partial charge < -0.3 is 39.4 Å². The van der Waals surface area contributed by atoms with Crippen molar-refractivity contribution in [2.45, 2.75) is 132 Å². The monoisotopic (exact) mass is 520 g/mol. The molecular formula is C24H56O8Ti. The van der Waals surface area contributed by atoms with E-state index >= 15 is 0 Å². The summed E-state index contributed by atoms with van der Waals surface area (Å²) in [6, 6.07) is 0. The molecule has 4 atom stereocenters. The van der Waals surface area contributed by atoms with Crippen LogP contribution in [-0.2, 0) is 40.7 Å². The summed E-state index contributed by atoms with van der Waals surface area (Å²) >= 11 is 0. The Kier molecular flexibility index (Phi) is 52.2. The first-order valence-corrected chi connectivity index (χ1v) is 12.3. The summed E-state index contributed by atoms with van der Waals surface area (Å²) in [6.07, 6.45) is 6.22. The Labute approximate surface area is 219 Å². The van der Waals surface area contributed by atoms with E-state index in [0.717, 1.165) is 51.4 Å². The smallest absolute Gasteiger partial charge is 0.151 e. The fraction of sp³-hybridized carbons (Fsp3) is 1.00. The van der Waals surface area contributed by atoms with Crippen LogP contribution in [-0.4, -0.2) is 72.0 Å². The van der Waals surface area contributed by atoms with Crippen LogP contribution < -0.4 is 0 Å². The maximum Gasteiger partial charge on any atom is 0.151 e. The zero-order valence-corrected chi connectivity index (χ0v) is 24.3. The molecule has 0 aromatic carbocycles. The number of rotatable bonds is 16. The fourth-order valence-electron chi connectivity index (χ4n) is 1.59. The number of hydrogen-bond acceptors (Lipinski definition) is 8. The number of aliphatic hydroxyl groups excluding tert-OH is 4. The summed E-state index contributed by atoms with van der Waals surface area (Å²) < 4.78 is 19.4. The normalized spacial score (nSPS) is 13.5. The van der Waals surface area contributed by atoms with Crippen molar-refractivity contribution in [3.63, 3.8) is 0 Å². The summed E-state index contributed by atoms with van der Waals surface area (Å²) in [5.41, 5.74) is 0. The molecule has 204 valence electrons. The van der Waals surface area contributed by atoms with Crippen LogP contribution in [0.15, 0.2) is 0 Å². The van der Waals surface area contributed by atoms with Gasteiger partial charge in [0.15, 0.2) is 25.2 Å². The van der Waals surface area contributed by atoms with Gasteiger partial charge in [-0.15, -0.1) is 0 Å². The fourth-order valence-corrected chi connectivity index (χ4v) is 1.59. The predicted octanol–water partition coefficient (Wildman–Crippen LogP) is 4.56. The molecule has 0 saturated heterocycles. The van der Waals surface area contributed by atoms with E-state index in [2.05, 4.69) is 27.7 Å². The summed E-state index contributed by atoms with van der Waals surface area (Å²) in [7, 11) is 0. The third-order valence-electron chi connectivity index (χ3n) is 3.43. The molecule has 0 aromatic heterocycles. The van der Waals surface area contributed by atoms with Crippen molar-refractivity contribution in [3.05, 3.63) is 0 Å². The molecule has 33 heavy (non-hydrogen) atoms. The van der Waals surface area contributed by atoms with Crippen molar-refractivity contribution in [1.82, 2.24) is 0 Å². The Bertz CT molecular complexity index is 238. The van der Waals surface area contributed by atoms with Crippen LogP contribution >= 0.6 is 0 Å². The van der Waals surface area contributed by atoms with E-state index in [0.29, 0.717) is 26.4 Å².